The first-order valence-electron chi connectivity index (χ1n) is 7.74. The van der Waals surface area contributed by atoms with Crippen LogP contribution in [0.15, 0.2) is 42.5 Å². The Morgan fingerprint density at radius 3 is 2.52 bits per heavy atom. The van der Waals surface area contributed by atoms with Crippen LogP contribution in [0.2, 0.25) is 5.02 Å². The molecular weight excluding hydrogens is 342 g/mol. The lowest BCUT2D eigenvalue weighted by molar-refractivity contribution is 0.175. The van der Waals surface area contributed by atoms with Gasteiger partial charge in [0, 0.05) is 31.4 Å². The van der Waals surface area contributed by atoms with Crippen molar-refractivity contribution in [3.63, 3.8) is 0 Å². The Morgan fingerprint density at radius 2 is 1.92 bits per heavy atom. The van der Waals surface area contributed by atoms with Crippen molar-refractivity contribution in [1.82, 2.24) is 5.32 Å². The van der Waals surface area contributed by atoms with E-state index in [0.29, 0.717) is 16.5 Å². The zero-order chi connectivity index (χ0) is 18.4. The second-order valence-corrected chi connectivity index (χ2v) is 6.12. The highest BCUT2D eigenvalue weighted by molar-refractivity contribution is 6.31. The van der Waals surface area contributed by atoms with Crippen molar-refractivity contribution in [3.8, 4) is 5.75 Å². The number of urea groups is 1. The van der Waals surface area contributed by atoms with E-state index < -0.39 is 12.1 Å². The molecule has 0 aliphatic rings. The molecule has 1 atom stereocenters. The SMILES string of the molecule is COc1ccc(Cl)cc1NC(=O)NCC(O)c1ccc(N(C)C)cc1. The standard InChI is InChI=1S/C18H22ClN3O3/c1-22(2)14-7-4-12(5-8-14)16(23)11-20-18(24)21-15-10-13(19)6-9-17(15)25-3/h4-10,16,23H,11H2,1-3H3,(H2,20,21,24). The summed E-state index contributed by atoms with van der Waals surface area (Å²) < 4.78 is 5.17. The normalized spacial score (nSPS) is 11.6. The van der Waals surface area contributed by atoms with Crippen molar-refractivity contribution in [2.75, 3.05) is 38.0 Å². The topological polar surface area (TPSA) is 73.8 Å². The molecule has 2 rings (SSSR count). The third-order valence-corrected chi connectivity index (χ3v) is 3.90. The molecule has 0 spiro atoms. The van der Waals surface area contributed by atoms with Crippen molar-refractivity contribution in [2.24, 2.45) is 0 Å². The van der Waals surface area contributed by atoms with Gasteiger partial charge in [-0.3, -0.25) is 0 Å². The highest BCUT2D eigenvalue weighted by Gasteiger charge is 2.12. The van der Waals surface area contributed by atoms with Gasteiger partial charge in [0.2, 0.25) is 0 Å². The van der Waals surface area contributed by atoms with E-state index in [9.17, 15) is 9.90 Å². The number of halogens is 1. The minimum atomic E-state index is -0.803. The average Bonchev–Trinajstić information content (AvgIpc) is 2.60. The van der Waals surface area contributed by atoms with Crippen molar-refractivity contribution >= 4 is 29.0 Å². The number of anilines is 2. The number of benzene rings is 2. The van der Waals surface area contributed by atoms with Crippen LogP contribution >= 0.6 is 11.6 Å². The van der Waals surface area contributed by atoms with Crippen molar-refractivity contribution in [3.05, 3.63) is 53.1 Å². The molecule has 0 fully saturated rings. The third-order valence-electron chi connectivity index (χ3n) is 3.66. The van der Waals surface area contributed by atoms with Gasteiger partial charge in [0.25, 0.3) is 0 Å². The summed E-state index contributed by atoms with van der Waals surface area (Å²) in [4.78, 5) is 14.0. The fourth-order valence-electron chi connectivity index (χ4n) is 2.25. The Morgan fingerprint density at radius 1 is 1.24 bits per heavy atom. The highest BCUT2D eigenvalue weighted by Crippen LogP contribution is 2.27. The summed E-state index contributed by atoms with van der Waals surface area (Å²) in [5.74, 6) is 0.499. The Balaban J connectivity index is 1.92. The predicted molar refractivity (Wildman–Crippen MR) is 101 cm³/mol. The molecule has 0 aromatic heterocycles. The van der Waals surface area contributed by atoms with E-state index >= 15 is 0 Å². The van der Waals surface area contributed by atoms with Crippen LogP contribution in [0.25, 0.3) is 0 Å². The smallest absolute Gasteiger partial charge is 0.319 e. The van der Waals surface area contributed by atoms with Crippen LogP contribution in [0.1, 0.15) is 11.7 Å². The van der Waals surface area contributed by atoms with Gasteiger partial charge in [0.05, 0.1) is 18.9 Å². The van der Waals surface area contributed by atoms with Crippen molar-refractivity contribution in [2.45, 2.75) is 6.10 Å². The number of carbonyl (C=O) groups is 1. The van der Waals surface area contributed by atoms with Crippen LogP contribution in [0.3, 0.4) is 0 Å². The highest BCUT2D eigenvalue weighted by atomic mass is 35.5. The minimum absolute atomic E-state index is 0.0794. The second-order valence-electron chi connectivity index (χ2n) is 5.68. The first-order valence-corrected chi connectivity index (χ1v) is 8.12. The van der Waals surface area contributed by atoms with Gasteiger partial charge >= 0.3 is 6.03 Å². The summed E-state index contributed by atoms with van der Waals surface area (Å²) in [6, 6.07) is 12.0. The van der Waals surface area contributed by atoms with Gasteiger partial charge in [0.15, 0.2) is 0 Å². The lowest BCUT2D eigenvalue weighted by atomic mass is 10.1. The maximum Gasteiger partial charge on any atom is 0.319 e. The molecule has 0 aliphatic carbocycles. The number of aliphatic hydroxyl groups is 1. The number of hydrogen-bond acceptors (Lipinski definition) is 4. The molecule has 0 heterocycles. The molecule has 0 saturated carbocycles. The molecule has 2 aromatic carbocycles. The number of carbonyl (C=O) groups excluding carboxylic acids is 1. The molecule has 6 nitrogen and oxygen atoms in total. The van der Waals surface area contributed by atoms with Crippen LogP contribution in [0, 0.1) is 0 Å². The van der Waals surface area contributed by atoms with Gasteiger partial charge in [-0.25, -0.2) is 4.79 Å². The number of hydrogen-bond donors (Lipinski definition) is 3. The summed E-state index contributed by atoms with van der Waals surface area (Å²) in [6.07, 6.45) is -0.803. The van der Waals surface area contributed by atoms with Crippen LogP contribution in [-0.4, -0.2) is 38.9 Å². The van der Waals surface area contributed by atoms with E-state index in [-0.39, 0.29) is 6.54 Å². The average molecular weight is 364 g/mol. The molecule has 0 aliphatic heterocycles. The molecule has 3 N–H and O–H groups in total. The molecule has 2 amide bonds. The molecule has 0 bridgehead atoms. The number of aliphatic hydroxyl groups excluding tert-OH is 1. The van der Waals surface area contributed by atoms with Gasteiger partial charge < -0.3 is 25.4 Å². The molecule has 0 radical (unpaired) electrons. The Labute approximate surface area is 152 Å². The molecular formula is C18H22ClN3O3. The Kier molecular flexibility index (Phi) is 6.50. The number of amides is 2. The lowest BCUT2D eigenvalue weighted by Gasteiger charge is -2.16. The van der Waals surface area contributed by atoms with Crippen LogP contribution in [-0.2, 0) is 0 Å². The lowest BCUT2D eigenvalue weighted by Crippen LogP contribution is -2.32. The zero-order valence-corrected chi connectivity index (χ0v) is 15.2. The van der Waals surface area contributed by atoms with E-state index in [0.717, 1.165) is 11.3 Å². The molecule has 7 heteroatoms. The summed E-state index contributed by atoms with van der Waals surface area (Å²) in [5, 5.41) is 16.0. The quantitative estimate of drug-likeness (QED) is 0.736. The predicted octanol–water partition coefficient (Wildman–Crippen LogP) is 3.27. The first kappa shape index (κ1) is 18.9. The third kappa shape index (κ3) is 5.27. The number of nitrogens with one attached hydrogen (secondary N) is 2. The summed E-state index contributed by atoms with van der Waals surface area (Å²) >= 11 is 5.93. The van der Waals surface area contributed by atoms with Gasteiger partial charge in [-0.15, -0.1) is 0 Å². The molecule has 0 saturated heterocycles. The van der Waals surface area contributed by atoms with Crippen molar-refractivity contribution < 1.29 is 14.6 Å². The van der Waals surface area contributed by atoms with E-state index in [1.165, 1.54) is 7.11 Å². The van der Waals surface area contributed by atoms with Gasteiger partial charge in [-0.1, -0.05) is 23.7 Å². The minimum Gasteiger partial charge on any atom is -0.495 e. The number of nitrogens with zero attached hydrogens (tertiary/aromatic N) is 1. The Hall–Kier alpha value is -2.44. The first-order chi connectivity index (χ1) is 11.9. The number of methoxy groups -OCH3 is 1. The van der Waals surface area contributed by atoms with Crippen LogP contribution in [0.4, 0.5) is 16.2 Å². The van der Waals surface area contributed by atoms with Gasteiger partial charge in [-0.2, -0.15) is 0 Å². The van der Waals surface area contributed by atoms with Crippen LogP contribution < -0.4 is 20.3 Å². The van der Waals surface area contributed by atoms with E-state index in [4.69, 9.17) is 16.3 Å². The van der Waals surface area contributed by atoms with E-state index in [1.54, 1.807) is 18.2 Å². The van der Waals surface area contributed by atoms with Gasteiger partial charge in [-0.05, 0) is 35.9 Å². The second kappa shape index (κ2) is 8.60. The van der Waals surface area contributed by atoms with Gasteiger partial charge in [0.1, 0.15) is 5.75 Å². The molecule has 2 aromatic rings. The maximum absolute atomic E-state index is 12.0. The van der Waals surface area contributed by atoms with Crippen LogP contribution in [0.5, 0.6) is 5.75 Å². The largest absolute Gasteiger partial charge is 0.495 e. The number of ether oxygens (including phenoxy) is 1. The fourth-order valence-corrected chi connectivity index (χ4v) is 2.42. The molecule has 1 unspecified atom stereocenters. The fraction of sp³-hybridized carbons (Fsp3) is 0.278. The monoisotopic (exact) mass is 363 g/mol. The number of rotatable bonds is 6. The van der Waals surface area contributed by atoms with E-state index in [2.05, 4.69) is 10.6 Å². The summed E-state index contributed by atoms with van der Waals surface area (Å²) in [7, 11) is 5.40. The summed E-state index contributed by atoms with van der Waals surface area (Å²) in [5.41, 5.74) is 2.22. The summed E-state index contributed by atoms with van der Waals surface area (Å²) in [6.45, 7) is 0.0794. The molecule has 25 heavy (non-hydrogen) atoms. The van der Waals surface area contributed by atoms with Crippen molar-refractivity contribution in [1.29, 1.82) is 0 Å². The Bertz CT molecular complexity index is 720. The maximum atomic E-state index is 12.0. The zero-order valence-electron chi connectivity index (χ0n) is 14.4. The van der Waals surface area contributed by atoms with E-state index in [1.807, 2.05) is 43.3 Å². The molecule has 134 valence electrons.